The van der Waals surface area contributed by atoms with Crippen LogP contribution in [0.1, 0.15) is 11.1 Å². The van der Waals surface area contributed by atoms with Gasteiger partial charge >= 0.3 is 6.03 Å². The number of anilines is 1. The molecule has 2 N–H and O–H groups in total. The maximum atomic E-state index is 12.4. The molecular formula is C24H23ClN4O. The van der Waals surface area contributed by atoms with Gasteiger partial charge in [-0.15, -0.1) is 0 Å². The minimum atomic E-state index is -0.262. The maximum absolute atomic E-state index is 12.4. The van der Waals surface area contributed by atoms with Gasteiger partial charge in [-0.05, 0) is 43.7 Å². The summed E-state index contributed by atoms with van der Waals surface area (Å²) in [5.74, 6) is 0.893. The molecule has 0 aliphatic carbocycles. The number of urea groups is 1. The molecule has 0 unspecified atom stereocenters. The molecule has 0 atom stereocenters. The maximum Gasteiger partial charge on any atom is 0.319 e. The van der Waals surface area contributed by atoms with Crippen LogP contribution in [0.5, 0.6) is 0 Å². The quantitative estimate of drug-likeness (QED) is 0.430. The van der Waals surface area contributed by atoms with Crippen LogP contribution in [0.25, 0.3) is 22.4 Å². The smallest absolute Gasteiger partial charge is 0.319 e. The third-order valence-corrected chi connectivity index (χ3v) is 5.51. The second kappa shape index (κ2) is 8.59. The summed E-state index contributed by atoms with van der Waals surface area (Å²) in [7, 11) is 0. The van der Waals surface area contributed by atoms with Crippen LogP contribution in [-0.4, -0.2) is 22.1 Å². The van der Waals surface area contributed by atoms with Gasteiger partial charge in [0.1, 0.15) is 5.82 Å². The number of amides is 2. The summed E-state index contributed by atoms with van der Waals surface area (Å²) < 4.78 is 2.14. The average Bonchev–Trinajstić information content (AvgIpc) is 3.11. The van der Waals surface area contributed by atoms with Crippen molar-refractivity contribution in [2.45, 2.75) is 20.4 Å². The van der Waals surface area contributed by atoms with E-state index in [2.05, 4.69) is 52.5 Å². The Morgan fingerprint density at radius 1 is 1.00 bits per heavy atom. The highest BCUT2D eigenvalue weighted by Gasteiger charge is 2.13. The minimum Gasteiger partial charge on any atom is -0.336 e. The first-order chi connectivity index (χ1) is 14.5. The van der Waals surface area contributed by atoms with E-state index in [4.69, 9.17) is 16.6 Å². The summed E-state index contributed by atoms with van der Waals surface area (Å²) >= 11 is 6.13. The Hall–Kier alpha value is -3.31. The van der Waals surface area contributed by atoms with Gasteiger partial charge in [-0.25, -0.2) is 9.78 Å². The van der Waals surface area contributed by atoms with Crippen LogP contribution in [0.15, 0.2) is 66.7 Å². The molecule has 5 nitrogen and oxygen atoms in total. The fraction of sp³-hybridized carbons (Fsp3) is 0.167. The summed E-state index contributed by atoms with van der Waals surface area (Å²) in [5.41, 5.74) is 5.78. The second-order valence-corrected chi connectivity index (χ2v) is 7.64. The SMILES string of the molecule is Cc1ccc(-c2nc3ccccc3n2CCNC(=O)Nc2cccc(Cl)c2C)cc1. The van der Waals surface area contributed by atoms with E-state index in [0.29, 0.717) is 23.8 Å². The molecule has 0 saturated heterocycles. The number of fused-ring (bicyclic) bond motifs is 1. The molecular weight excluding hydrogens is 396 g/mol. The van der Waals surface area contributed by atoms with Gasteiger partial charge < -0.3 is 15.2 Å². The summed E-state index contributed by atoms with van der Waals surface area (Å²) in [6, 6.07) is 21.6. The average molecular weight is 419 g/mol. The van der Waals surface area contributed by atoms with Gasteiger partial charge in [0.05, 0.1) is 11.0 Å². The Labute approximate surface area is 180 Å². The molecule has 152 valence electrons. The van der Waals surface area contributed by atoms with Crippen LogP contribution in [0.2, 0.25) is 5.02 Å². The van der Waals surface area contributed by atoms with E-state index >= 15 is 0 Å². The van der Waals surface area contributed by atoms with E-state index in [-0.39, 0.29) is 6.03 Å². The van der Waals surface area contributed by atoms with E-state index in [0.717, 1.165) is 28.0 Å². The predicted octanol–water partition coefficient (Wildman–Crippen LogP) is 5.80. The highest BCUT2D eigenvalue weighted by atomic mass is 35.5. The number of carbonyl (C=O) groups excluding carboxylic acids is 1. The van der Waals surface area contributed by atoms with Crippen molar-refractivity contribution in [1.29, 1.82) is 0 Å². The minimum absolute atomic E-state index is 0.262. The van der Waals surface area contributed by atoms with Crippen molar-refractivity contribution in [2.75, 3.05) is 11.9 Å². The molecule has 2 amide bonds. The third-order valence-electron chi connectivity index (χ3n) is 5.10. The first kappa shape index (κ1) is 20.0. The lowest BCUT2D eigenvalue weighted by molar-refractivity contribution is 0.251. The number of imidazole rings is 1. The standard InChI is InChI=1S/C24H23ClN4O/c1-16-10-12-18(13-11-16)23-27-21-7-3-4-9-22(21)29(23)15-14-26-24(30)28-20-8-5-6-19(25)17(20)2/h3-13H,14-15H2,1-2H3,(H2,26,28,30). The molecule has 0 radical (unpaired) electrons. The number of nitrogens with one attached hydrogen (secondary N) is 2. The number of halogens is 1. The zero-order valence-corrected chi connectivity index (χ0v) is 17.7. The van der Waals surface area contributed by atoms with Crippen LogP contribution in [0, 0.1) is 13.8 Å². The molecule has 30 heavy (non-hydrogen) atoms. The van der Waals surface area contributed by atoms with Gasteiger partial charge in [-0.2, -0.15) is 0 Å². The zero-order chi connectivity index (χ0) is 21.1. The highest BCUT2D eigenvalue weighted by molar-refractivity contribution is 6.31. The van der Waals surface area contributed by atoms with Gasteiger partial charge in [0.15, 0.2) is 0 Å². The predicted molar refractivity (Wildman–Crippen MR) is 123 cm³/mol. The summed E-state index contributed by atoms with van der Waals surface area (Å²) in [4.78, 5) is 17.2. The molecule has 6 heteroatoms. The number of para-hydroxylation sites is 2. The van der Waals surface area contributed by atoms with Crippen LogP contribution in [-0.2, 0) is 6.54 Å². The van der Waals surface area contributed by atoms with E-state index in [1.807, 2.05) is 37.3 Å². The van der Waals surface area contributed by atoms with E-state index in [9.17, 15) is 4.79 Å². The van der Waals surface area contributed by atoms with Gasteiger partial charge in [-0.1, -0.05) is 59.6 Å². The Morgan fingerprint density at radius 2 is 1.77 bits per heavy atom. The third kappa shape index (κ3) is 4.16. The zero-order valence-electron chi connectivity index (χ0n) is 16.9. The van der Waals surface area contributed by atoms with E-state index < -0.39 is 0 Å². The van der Waals surface area contributed by atoms with Crippen molar-refractivity contribution in [3.63, 3.8) is 0 Å². The number of hydrogen-bond acceptors (Lipinski definition) is 2. The monoisotopic (exact) mass is 418 g/mol. The van der Waals surface area contributed by atoms with Crippen LogP contribution < -0.4 is 10.6 Å². The van der Waals surface area contributed by atoms with Crippen molar-refractivity contribution in [3.05, 3.63) is 82.9 Å². The Morgan fingerprint density at radius 3 is 2.57 bits per heavy atom. The number of nitrogens with zero attached hydrogens (tertiary/aromatic N) is 2. The molecule has 0 spiro atoms. The molecule has 0 aliphatic rings. The van der Waals surface area contributed by atoms with Gasteiger partial charge in [-0.3, -0.25) is 0 Å². The molecule has 0 bridgehead atoms. The number of aromatic nitrogens is 2. The molecule has 4 rings (SSSR count). The summed E-state index contributed by atoms with van der Waals surface area (Å²) in [6.07, 6.45) is 0. The second-order valence-electron chi connectivity index (χ2n) is 7.24. The van der Waals surface area contributed by atoms with Crippen molar-refractivity contribution >= 4 is 34.4 Å². The molecule has 1 heterocycles. The Kier molecular flexibility index (Phi) is 5.72. The van der Waals surface area contributed by atoms with Crippen LogP contribution >= 0.6 is 11.6 Å². The van der Waals surface area contributed by atoms with Gasteiger partial charge in [0.25, 0.3) is 0 Å². The van der Waals surface area contributed by atoms with Crippen molar-refractivity contribution in [3.8, 4) is 11.4 Å². The van der Waals surface area contributed by atoms with E-state index in [1.165, 1.54) is 5.56 Å². The Balaban J connectivity index is 1.51. The molecule has 0 aliphatic heterocycles. The number of rotatable bonds is 5. The number of carbonyl (C=O) groups is 1. The fourth-order valence-electron chi connectivity index (χ4n) is 3.42. The molecule has 3 aromatic carbocycles. The topological polar surface area (TPSA) is 59.0 Å². The Bertz CT molecular complexity index is 1200. The van der Waals surface area contributed by atoms with Gasteiger partial charge in [0.2, 0.25) is 0 Å². The lowest BCUT2D eigenvalue weighted by Gasteiger charge is -2.13. The summed E-state index contributed by atoms with van der Waals surface area (Å²) in [6.45, 7) is 5.01. The van der Waals surface area contributed by atoms with Crippen LogP contribution in [0.4, 0.5) is 10.5 Å². The van der Waals surface area contributed by atoms with Crippen molar-refractivity contribution in [1.82, 2.24) is 14.9 Å². The lowest BCUT2D eigenvalue weighted by atomic mass is 10.1. The fourth-order valence-corrected chi connectivity index (χ4v) is 3.59. The lowest BCUT2D eigenvalue weighted by Crippen LogP contribution is -2.31. The molecule has 0 saturated carbocycles. The molecule has 1 aromatic heterocycles. The highest BCUT2D eigenvalue weighted by Crippen LogP contribution is 2.25. The largest absolute Gasteiger partial charge is 0.336 e. The summed E-state index contributed by atoms with van der Waals surface area (Å²) in [5, 5.41) is 6.41. The molecule has 0 fully saturated rings. The van der Waals surface area contributed by atoms with Gasteiger partial charge in [0, 0.05) is 29.4 Å². The first-order valence-electron chi connectivity index (χ1n) is 9.85. The molecule has 4 aromatic rings. The van der Waals surface area contributed by atoms with Crippen molar-refractivity contribution < 1.29 is 4.79 Å². The van der Waals surface area contributed by atoms with Crippen LogP contribution in [0.3, 0.4) is 0 Å². The van der Waals surface area contributed by atoms with E-state index in [1.54, 1.807) is 6.07 Å². The van der Waals surface area contributed by atoms with Crippen molar-refractivity contribution in [2.24, 2.45) is 0 Å². The normalized spacial score (nSPS) is 10.9. The number of aryl methyl sites for hydroxylation is 1. The first-order valence-corrected chi connectivity index (χ1v) is 10.2. The number of hydrogen-bond donors (Lipinski definition) is 2. The number of benzene rings is 3.